The van der Waals surface area contributed by atoms with Crippen molar-refractivity contribution in [2.24, 2.45) is 0 Å². The van der Waals surface area contributed by atoms with Gasteiger partial charge in [0.15, 0.2) is 5.88 Å². The molecule has 0 aliphatic heterocycles. The first-order chi connectivity index (χ1) is 7.63. The van der Waals surface area contributed by atoms with Crippen LogP contribution < -0.4 is 11.1 Å². The van der Waals surface area contributed by atoms with Crippen LogP contribution in [0, 0.1) is 0 Å². The second-order valence-electron chi connectivity index (χ2n) is 3.72. The third-order valence-electron chi connectivity index (χ3n) is 2.35. The highest BCUT2D eigenvalue weighted by atomic mass is 16.4. The lowest BCUT2D eigenvalue weighted by Crippen LogP contribution is -2.36. The summed E-state index contributed by atoms with van der Waals surface area (Å²) in [5.74, 6) is 0.172. The summed E-state index contributed by atoms with van der Waals surface area (Å²) >= 11 is 0. The Bertz CT molecular complexity index is 336. The number of nitrogens with two attached hydrogens (primary N) is 1. The van der Waals surface area contributed by atoms with Gasteiger partial charge in [0.05, 0.1) is 6.54 Å². The van der Waals surface area contributed by atoms with Gasteiger partial charge in [0.1, 0.15) is 11.8 Å². The zero-order valence-corrected chi connectivity index (χ0v) is 9.40. The normalized spacial score (nSPS) is 12.6. The van der Waals surface area contributed by atoms with Crippen molar-refractivity contribution in [3.8, 4) is 0 Å². The standard InChI is InChI=1S/C11H18N2O3/c1-2-3-4-9(11(14)15)13-7-8-5-6-10(12)16-8/h5-6,9,13H,2-4,7,12H2,1H3,(H,14,15). The molecule has 0 radical (unpaired) electrons. The highest BCUT2D eigenvalue weighted by Gasteiger charge is 2.16. The second kappa shape index (κ2) is 6.17. The fraction of sp³-hybridized carbons (Fsp3) is 0.545. The fourth-order valence-corrected chi connectivity index (χ4v) is 1.43. The molecule has 0 saturated carbocycles. The summed E-state index contributed by atoms with van der Waals surface area (Å²) in [6, 6.07) is 2.87. The lowest BCUT2D eigenvalue weighted by Gasteiger charge is -2.12. The minimum absolute atomic E-state index is 0.345. The molecule has 1 aromatic heterocycles. The monoisotopic (exact) mass is 226 g/mol. The van der Waals surface area contributed by atoms with E-state index in [0.717, 1.165) is 12.8 Å². The van der Waals surface area contributed by atoms with Crippen LogP contribution in [-0.2, 0) is 11.3 Å². The summed E-state index contributed by atoms with van der Waals surface area (Å²) in [5, 5.41) is 11.9. The van der Waals surface area contributed by atoms with Crippen LogP contribution in [0.15, 0.2) is 16.5 Å². The minimum Gasteiger partial charge on any atom is -0.480 e. The fourth-order valence-electron chi connectivity index (χ4n) is 1.43. The van der Waals surface area contributed by atoms with E-state index in [4.69, 9.17) is 15.3 Å². The van der Waals surface area contributed by atoms with Crippen molar-refractivity contribution in [3.63, 3.8) is 0 Å². The van der Waals surface area contributed by atoms with E-state index in [2.05, 4.69) is 5.32 Å². The Balaban J connectivity index is 2.40. The molecule has 5 heteroatoms. The van der Waals surface area contributed by atoms with Crippen molar-refractivity contribution in [2.45, 2.75) is 38.8 Å². The number of nitrogen functional groups attached to an aromatic ring is 1. The number of carboxylic acid groups (broad SMARTS) is 1. The number of carboxylic acids is 1. The first-order valence-corrected chi connectivity index (χ1v) is 5.44. The third kappa shape index (κ3) is 3.94. The van der Waals surface area contributed by atoms with Crippen LogP contribution in [0.3, 0.4) is 0 Å². The first-order valence-electron chi connectivity index (χ1n) is 5.44. The van der Waals surface area contributed by atoms with Crippen LogP contribution in [0.4, 0.5) is 5.88 Å². The van der Waals surface area contributed by atoms with Crippen LogP contribution in [0.2, 0.25) is 0 Å². The molecule has 5 nitrogen and oxygen atoms in total. The van der Waals surface area contributed by atoms with Crippen molar-refractivity contribution in [1.29, 1.82) is 0 Å². The van der Waals surface area contributed by atoms with Gasteiger partial charge in [-0.2, -0.15) is 0 Å². The predicted molar refractivity (Wildman–Crippen MR) is 60.9 cm³/mol. The summed E-state index contributed by atoms with van der Waals surface area (Å²) in [6.07, 6.45) is 2.51. The molecule has 1 unspecified atom stereocenters. The highest BCUT2D eigenvalue weighted by molar-refractivity contribution is 5.73. The number of unbranched alkanes of at least 4 members (excludes halogenated alkanes) is 1. The molecule has 1 rings (SSSR count). The van der Waals surface area contributed by atoms with E-state index >= 15 is 0 Å². The Morgan fingerprint density at radius 1 is 1.62 bits per heavy atom. The molecule has 0 aliphatic rings. The molecule has 16 heavy (non-hydrogen) atoms. The van der Waals surface area contributed by atoms with Gasteiger partial charge >= 0.3 is 5.97 Å². The smallest absolute Gasteiger partial charge is 0.320 e. The lowest BCUT2D eigenvalue weighted by atomic mass is 10.1. The zero-order chi connectivity index (χ0) is 12.0. The molecule has 1 atom stereocenters. The number of hydrogen-bond donors (Lipinski definition) is 3. The van der Waals surface area contributed by atoms with Crippen molar-refractivity contribution in [2.75, 3.05) is 5.73 Å². The average Bonchev–Trinajstić information content (AvgIpc) is 2.64. The van der Waals surface area contributed by atoms with Crippen molar-refractivity contribution in [1.82, 2.24) is 5.32 Å². The van der Waals surface area contributed by atoms with E-state index in [-0.39, 0.29) is 0 Å². The summed E-state index contributed by atoms with van der Waals surface area (Å²) in [5.41, 5.74) is 5.41. The molecule has 0 aliphatic carbocycles. The van der Waals surface area contributed by atoms with Gasteiger partial charge in [0.2, 0.25) is 0 Å². The van der Waals surface area contributed by atoms with Gasteiger partial charge in [-0.1, -0.05) is 19.8 Å². The first kappa shape index (κ1) is 12.6. The summed E-state index contributed by atoms with van der Waals surface area (Å²) < 4.78 is 5.14. The summed E-state index contributed by atoms with van der Waals surface area (Å²) in [4.78, 5) is 10.9. The number of aliphatic carboxylic acids is 1. The predicted octanol–water partition coefficient (Wildman–Crippen LogP) is 1.59. The maximum atomic E-state index is 10.9. The Morgan fingerprint density at radius 2 is 2.38 bits per heavy atom. The van der Waals surface area contributed by atoms with E-state index in [1.54, 1.807) is 12.1 Å². The van der Waals surface area contributed by atoms with Crippen LogP contribution in [0.1, 0.15) is 31.9 Å². The van der Waals surface area contributed by atoms with Crippen molar-refractivity contribution < 1.29 is 14.3 Å². The van der Waals surface area contributed by atoms with E-state index in [1.807, 2.05) is 6.92 Å². The number of hydrogen-bond acceptors (Lipinski definition) is 4. The Morgan fingerprint density at radius 3 is 2.88 bits per heavy atom. The second-order valence-corrected chi connectivity index (χ2v) is 3.72. The summed E-state index contributed by atoms with van der Waals surface area (Å²) in [7, 11) is 0. The summed E-state index contributed by atoms with van der Waals surface area (Å²) in [6.45, 7) is 2.42. The minimum atomic E-state index is -0.826. The molecular weight excluding hydrogens is 208 g/mol. The maximum absolute atomic E-state index is 10.9. The largest absolute Gasteiger partial charge is 0.480 e. The van der Waals surface area contributed by atoms with Gasteiger partial charge in [0, 0.05) is 6.07 Å². The van der Waals surface area contributed by atoms with E-state index in [0.29, 0.717) is 24.6 Å². The van der Waals surface area contributed by atoms with Gasteiger partial charge in [-0.3, -0.25) is 10.1 Å². The van der Waals surface area contributed by atoms with Crippen LogP contribution >= 0.6 is 0 Å². The molecule has 1 heterocycles. The van der Waals surface area contributed by atoms with E-state index in [9.17, 15) is 4.79 Å². The molecule has 1 aromatic rings. The van der Waals surface area contributed by atoms with Crippen LogP contribution in [0.5, 0.6) is 0 Å². The van der Waals surface area contributed by atoms with E-state index < -0.39 is 12.0 Å². The number of nitrogens with one attached hydrogen (secondary N) is 1. The molecule has 90 valence electrons. The lowest BCUT2D eigenvalue weighted by molar-refractivity contribution is -0.139. The van der Waals surface area contributed by atoms with Gasteiger partial charge in [0.25, 0.3) is 0 Å². The van der Waals surface area contributed by atoms with Crippen molar-refractivity contribution in [3.05, 3.63) is 17.9 Å². The molecule has 0 aromatic carbocycles. The Hall–Kier alpha value is -1.49. The average molecular weight is 226 g/mol. The number of furan rings is 1. The third-order valence-corrected chi connectivity index (χ3v) is 2.35. The Kier molecular flexibility index (Phi) is 4.85. The highest BCUT2D eigenvalue weighted by Crippen LogP contribution is 2.09. The van der Waals surface area contributed by atoms with Crippen LogP contribution in [-0.4, -0.2) is 17.1 Å². The molecule has 0 fully saturated rings. The van der Waals surface area contributed by atoms with Crippen molar-refractivity contribution >= 4 is 11.9 Å². The van der Waals surface area contributed by atoms with E-state index in [1.165, 1.54) is 0 Å². The quantitative estimate of drug-likeness (QED) is 0.657. The SMILES string of the molecule is CCCCC(NCc1ccc(N)o1)C(=O)O. The zero-order valence-electron chi connectivity index (χ0n) is 9.40. The molecule has 0 amide bonds. The maximum Gasteiger partial charge on any atom is 0.320 e. The van der Waals surface area contributed by atoms with Gasteiger partial charge in [-0.15, -0.1) is 0 Å². The van der Waals surface area contributed by atoms with Gasteiger partial charge in [-0.05, 0) is 12.5 Å². The number of rotatable bonds is 7. The molecule has 0 saturated heterocycles. The number of anilines is 1. The molecule has 4 N–H and O–H groups in total. The van der Waals surface area contributed by atoms with Gasteiger partial charge in [-0.25, -0.2) is 0 Å². The van der Waals surface area contributed by atoms with Crippen LogP contribution in [0.25, 0.3) is 0 Å². The Labute approximate surface area is 94.6 Å². The van der Waals surface area contributed by atoms with Gasteiger partial charge < -0.3 is 15.3 Å². The molecular formula is C11H18N2O3. The number of carbonyl (C=O) groups is 1. The topological polar surface area (TPSA) is 88.5 Å². The molecule has 0 bridgehead atoms. The molecule has 0 spiro atoms.